The summed E-state index contributed by atoms with van der Waals surface area (Å²) in [4.78, 5) is 47.0. The van der Waals surface area contributed by atoms with Gasteiger partial charge in [0, 0.05) is 17.5 Å². The monoisotopic (exact) mass is 329 g/mol. The number of nitrogens with one attached hydrogen (secondary N) is 1. The Labute approximate surface area is 139 Å². The summed E-state index contributed by atoms with van der Waals surface area (Å²) >= 11 is 0. The fourth-order valence-corrected chi connectivity index (χ4v) is 2.50. The van der Waals surface area contributed by atoms with Crippen molar-refractivity contribution >= 4 is 17.5 Å². The number of ketones is 2. The Balaban J connectivity index is 2.18. The lowest BCUT2D eigenvalue weighted by Gasteiger charge is -2.11. The molecule has 0 fully saturated rings. The number of carbonyl (C=O) groups excluding carboxylic acids is 3. The lowest BCUT2D eigenvalue weighted by Crippen LogP contribution is -2.26. The Morgan fingerprint density at radius 2 is 1.79 bits per heavy atom. The lowest BCUT2D eigenvalue weighted by molar-refractivity contribution is 0.0310. The van der Waals surface area contributed by atoms with Gasteiger partial charge >= 0.3 is 5.97 Å². The van der Waals surface area contributed by atoms with E-state index in [-0.39, 0.29) is 17.2 Å². The van der Waals surface area contributed by atoms with Crippen molar-refractivity contribution in [2.75, 3.05) is 0 Å². The van der Waals surface area contributed by atoms with E-state index in [0.29, 0.717) is 22.5 Å². The molecule has 0 saturated heterocycles. The van der Waals surface area contributed by atoms with E-state index in [4.69, 9.17) is 4.74 Å². The maximum Gasteiger partial charge on any atom is 0.359 e. The molecule has 0 aliphatic rings. The van der Waals surface area contributed by atoms with Crippen LogP contribution < -0.4 is 0 Å². The Morgan fingerprint density at radius 1 is 1.12 bits per heavy atom. The standard InChI is InChI=1S/C17H19N3O4/c1-8-6-19-13(7-18-8)17(23)24-12(5)16(22)15-9(2)14(11(4)21)10(3)20-15/h6-7,12,20H,1-5H3/t12-/m1/s1. The summed E-state index contributed by atoms with van der Waals surface area (Å²) in [5.41, 5.74) is 2.64. The average molecular weight is 329 g/mol. The number of nitrogens with zero attached hydrogens (tertiary/aromatic N) is 2. The number of hydrogen-bond donors (Lipinski definition) is 1. The van der Waals surface area contributed by atoms with Gasteiger partial charge in [0.1, 0.15) is 0 Å². The molecule has 0 saturated carbocycles. The Morgan fingerprint density at radius 3 is 2.29 bits per heavy atom. The van der Waals surface area contributed by atoms with Crippen molar-refractivity contribution < 1.29 is 19.1 Å². The van der Waals surface area contributed by atoms with Crippen LogP contribution in [0.4, 0.5) is 0 Å². The third-order valence-corrected chi connectivity index (χ3v) is 3.68. The minimum atomic E-state index is -1.02. The highest BCUT2D eigenvalue weighted by molar-refractivity contribution is 6.05. The fourth-order valence-electron chi connectivity index (χ4n) is 2.50. The maximum atomic E-state index is 12.5. The molecule has 0 aliphatic carbocycles. The summed E-state index contributed by atoms with van der Waals surface area (Å²) in [5.74, 6) is -1.26. The number of ether oxygens (including phenoxy) is 1. The minimum Gasteiger partial charge on any atom is -0.449 e. The highest BCUT2D eigenvalue weighted by Gasteiger charge is 2.26. The molecule has 0 radical (unpaired) electrons. The first kappa shape index (κ1) is 17.5. The average Bonchev–Trinajstić information content (AvgIpc) is 2.81. The molecule has 1 atom stereocenters. The molecule has 0 amide bonds. The van der Waals surface area contributed by atoms with Crippen LogP contribution in [0.15, 0.2) is 12.4 Å². The van der Waals surface area contributed by atoms with Crippen molar-refractivity contribution in [1.82, 2.24) is 15.0 Å². The first-order chi connectivity index (χ1) is 11.2. The number of H-pyrrole nitrogens is 1. The topological polar surface area (TPSA) is 102 Å². The number of hydrogen-bond acceptors (Lipinski definition) is 6. The summed E-state index contributed by atoms with van der Waals surface area (Å²) in [6, 6.07) is 0. The van der Waals surface area contributed by atoms with Crippen LogP contribution in [-0.2, 0) is 4.74 Å². The van der Waals surface area contributed by atoms with Crippen molar-refractivity contribution in [2.45, 2.75) is 40.7 Å². The number of aromatic nitrogens is 3. The summed E-state index contributed by atoms with van der Waals surface area (Å²) in [7, 11) is 0. The van der Waals surface area contributed by atoms with Gasteiger partial charge in [-0.25, -0.2) is 9.78 Å². The van der Waals surface area contributed by atoms with Crippen molar-refractivity contribution in [1.29, 1.82) is 0 Å². The molecule has 2 aromatic rings. The number of Topliss-reactive ketones (excluding diaryl/α,β-unsaturated/α-hetero) is 2. The van der Waals surface area contributed by atoms with Crippen LogP contribution in [0.25, 0.3) is 0 Å². The molecule has 0 aromatic carbocycles. The summed E-state index contributed by atoms with van der Waals surface area (Å²) in [6.07, 6.45) is 1.73. The zero-order valence-electron chi connectivity index (χ0n) is 14.3. The second kappa shape index (κ2) is 6.74. The van der Waals surface area contributed by atoms with Gasteiger partial charge in [0.15, 0.2) is 17.6 Å². The molecule has 0 unspecified atom stereocenters. The molecule has 0 spiro atoms. The van der Waals surface area contributed by atoms with Crippen molar-refractivity contribution in [2.24, 2.45) is 0 Å². The summed E-state index contributed by atoms with van der Waals surface area (Å²) in [5, 5.41) is 0. The Bertz CT molecular complexity index is 806. The third kappa shape index (κ3) is 3.40. The number of rotatable bonds is 5. The first-order valence-corrected chi connectivity index (χ1v) is 7.46. The molecule has 126 valence electrons. The predicted molar refractivity (Wildman–Crippen MR) is 86.2 cm³/mol. The molecule has 24 heavy (non-hydrogen) atoms. The van der Waals surface area contributed by atoms with Crippen LogP contribution in [0.5, 0.6) is 0 Å². The molecule has 2 aromatic heterocycles. The molecule has 7 heteroatoms. The highest BCUT2D eigenvalue weighted by atomic mass is 16.5. The van der Waals surface area contributed by atoms with Crippen LogP contribution in [0, 0.1) is 20.8 Å². The Hall–Kier alpha value is -2.83. The first-order valence-electron chi connectivity index (χ1n) is 7.46. The normalized spacial score (nSPS) is 11.9. The van der Waals surface area contributed by atoms with E-state index in [1.807, 2.05) is 0 Å². The molecule has 0 bridgehead atoms. The molecular formula is C17H19N3O4. The van der Waals surface area contributed by atoms with E-state index in [1.54, 1.807) is 20.8 Å². The van der Waals surface area contributed by atoms with Crippen molar-refractivity contribution in [3.8, 4) is 0 Å². The van der Waals surface area contributed by atoms with E-state index in [9.17, 15) is 14.4 Å². The molecule has 2 heterocycles. The molecule has 7 nitrogen and oxygen atoms in total. The molecule has 0 aliphatic heterocycles. The van der Waals surface area contributed by atoms with Gasteiger partial charge in [-0.3, -0.25) is 14.6 Å². The largest absolute Gasteiger partial charge is 0.449 e. The Kier molecular flexibility index (Phi) is 4.92. The van der Waals surface area contributed by atoms with Gasteiger partial charge in [-0.2, -0.15) is 0 Å². The second-order valence-corrected chi connectivity index (χ2v) is 5.64. The number of esters is 1. The number of aromatic amines is 1. The van der Waals surface area contributed by atoms with E-state index in [2.05, 4.69) is 15.0 Å². The van der Waals surface area contributed by atoms with Crippen LogP contribution >= 0.6 is 0 Å². The van der Waals surface area contributed by atoms with Gasteiger partial charge in [0.2, 0.25) is 5.78 Å². The number of carbonyl (C=O) groups is 3. The zero-order valence-corrected chi connectivity index (χ0v) is 14.3. The van der Waals surface area contributed by atoms with Crippen molar-refractivity contribution in [3.05, 3.63) is 46.3 Å². The zero-order chi connectivity index (χ0) is 18.0. The maximum absolute atomic E-state index is 12.5. The molecule has 2 rings (SSSR count). The smallest absolute Gasteiger partial charge is 0.359 e. The van der Waals surface area contributed by atoms with E-state index < -0.39 is 17.9 Å². The fraction of sp³-hybridized carbons (Fsp3) is 0.353. The minimum absolute atomic E-state index is 0.0315. The molecular weight excluding hydrogens is 310 g/mol. The van der Waals surface area contributed by atoms with Gasteiger partial charge in [0.05, 0.1) is 17.6 Å². The SMILES string of the molecule is CC(=O)c1c(C)[nH]c(C(=O)[C@@H](C)OC(=O)c2cnc(C)cn2)c1C. The highest BCUT2D eigenvalue weighted by Crippen LogP contribution is 2.20. The van der Waals surface area contributed by atoms with Gasteiger partial charge in [-0.1, -0.05) is 0 Å². The van der Waals surface area contributed by atoms with Crippen LogP contribution in [0.1, 0.15) is 62.1 Å². The van der Waals surface area contributed by atoms with Gasteiger partial charge in [-0.15, -0.1) is 0 Å². The van der Waals surface area contributed by atoms with E-state index in [0.717, 1.165) is 0 Å². The van der Waals surface area contributed by atoms with Crippen LogP contribution in [-0.4, -0.2) is 38.6 Å². The lowest BCUT2D eigenvalue weighted by atomic mass is 10.0. The van der Waals surface area contributed by atoms with Gasteiger partial charge in [-0.05, 0) is 40.2 Å². The van der Waals surface area contributed by atoms with Gasteiger partial charge in [0.25, 0.3) is 0 Å². The van der Waals surface area contributed by atoms with E-state index >= 15 is 0 Å². The van der Waals surface area contributed by atoms with Crippen molar-refractivity contribution in [3.63, 3.8) is 0 Å². The van der Waals surface area contributed by atoms with Gasteiger partial charge < -0.3 is 9.72 Å². The number of aryl methyl sites for hydroxylation is 2. The van der Waals surface area contributed by atoms with Crippen LogP contribution in [0.3, 0.4) is 0 Å². The second-order valence-electron chi connectivity index (χ2n) is 5.64. The molecule has 1 N–H and O–H groups in total. The van der Waals surface area contributed by atoms with E-state index in [1.165, 1.54) is 26.2 Å². The third-order valence-electron chi connectivity index (χ3n) is 3.68. The summed E-state index contributed by atoms with van der Waals surface area (Å²) < 4.78 is 5.16. The predicted octanol–water partition coefficient (Wildman–Crippen LogP) is 2.36. The van der Waals surface area contributed by atoms with Crippen LogP contribution in [0.2, 0.25) is 0 Å². The summed E-state index contributed by atoms with van der Waals surface area (Å²) in [6.45, 7) is 8.08. The quantitative estimate of drug-likeness (QED) is 0.667.